The molecule has 3 nitrogen and oxygen atoms in total. The summed E-state index contributed by atoms with van der Waals surface area (Å²) in [6.45, 7) is 2.03. The summed E-state index contributed by atoms with van der Waals surface area (Å²) >= 11 is 0. The van der Waals surface area contributed by atoms with Crippen LogP contribution >= 0.6 is 0 Å². The van der Waals surface area contributed by atoms with Crippen LogP contribution < -0.4 is 4.90 Å². The van der Waals surface area contributed by atoms with Gasteiger partial charge < -0.3 is 4.90 Å². The second kappa shape index (κ2) is 4.06. The predicted octanol–water partition coefficient (Wildman–Crippen LogP) is 2.71. The molecule has 0 saturated carbocycles. The molecule has 3 heteroatoms. The van der Waals surface area contributed by atoms with Crippen LogP contribution in [0.2, 0.25) is 0 Å². The van der Waals surface area contributed by atoms with Gasteiger partial charge in [-0.1, -0.05) is 18.2 Å². The van der Waals surface area contributed by atoms with Gasteiger partial charge in [0.1, 0.15) is 11.9 Å². The fourth-order valence-corrected chi connectivity index (χ4v) is 2.36. The molecule has 0 N–H and O–H groups in total. The summed E-state index contributed by atoms with van der Waals surface area (Å²) in [5.41, 5.74) is 1.65. The Bertz CT molecular complexity index is 592. The molecule has 0 radical (unpaired) electrons. The van der Waals surface area contributed by atoms with E-state index in [1.807, 2.05) is 30.3 Å². The average molecular weight is 223 g/mol. The van der Waals surface area contributed by atoms with Crippen molar-refractivity contribution in [1.82, 2.24) is 4.98 Å². The van der Waals surface area contributed by atoms with Gasteiger partial charge >= 0.3 is 0 Å². The van der Waals surface area contributed by atoms with E-state index in [1.54, 1.807) is 0 Å². The number of aromatic nitrogens is 1. The van der Waals surface area contributed by atoms with Crippen molar-refractivity contribution in [3.63, 3.8) is 0 Å². The third-order valence-corrected chi connectivity index (χ3v) is 3.23. The first kappa shape index (κ1) is 10.1. The van der Waals surface area contributed by atoms with Crippen LogP contribution in [0.3, 0.4) is 0 Å². The topological polar surface area (TPSA) is 39.9 Å². The summed E-state index contributed by atoms with van der Waals surface area (Å²) in [4.78, 5) is 6.84. The summed E-state index contributed by atoms with van der Waals surface area (Å²) in [6.07, 6.45) is 2.39. The Hall–Kier alpha value is -2.08. The minimum absolute atomic E-state index is 0.686. The summed E-state index contributed by atoms with van der Waals surface area (Å²) < 4.78 is 0. The zero-order valence-corrected chi connectivity index (χ0v) is 9.56. The lowest BCUT2D eigenvalue weighted by Crippen LogP contribution is -2.20. The molecular weight excluding hydrogens is 210 g/mol. The Balaban J connectivity index is 2.18. The Morgan fingerprint density at radius 3 is 2.71 bits per heavy atom. The molecule has 1 saturated heterocycles. The van der Waals surface area contributed by atoms with Crippen LogP contribution in [0.4, 0.5) is 5.82 Å². The zero-order chi connectivity index (χ0) is 11.7. The number of rotatable bonds is 1. The van der Waals surface area contributed by atoms with E-state index in [0.717, 1.165) is 29.8 Å². The largest absolute Gasteiger partial charge is 0.356 e. The third-order valence-electron chi connectivity index (χ3n) is 3.23. The second-order valence-corrected chi connectivity index (χ2v) is 4.36. The van der Waals surface area contributed by atoms with Crippen molar-refractivity contribution in [2.24, 2.45) is 0 Å². The molecule has 0 amide bonds. The minimum atomic E-state index is 0.686. The molecule has 0 unspecified atom stereocenters. The molecule has 1 aliphatic rings. The molecule has 0 bridgehead atoms. The number of hydrogen-bond donors (Lipinski definition) is 0. The molecule has 1 fully saturated rings. The van der Waals surface area contributed by atoms with Crippen molar-refractivity contribution < 1.29 is 0 Å². The number of nitrogens with zero attached hydrogens (tertiary/aromatic N) is 3. The van der Waals surface area contributed by atoms with E-state index in [2.05, 4.69) is 16.0 Å². The van der Waals surface area contributed by atoms with Crippen molar-refractivity contribution in [2.75, 3.05) is 18.0 Å². The molecule has 1 aromatic heterocycles. The maximum absolute atomic E-state index is 9.22. The minimum Gasteiger partial charge on any atom is -0.356 e. The van der Waals surface area contributed by atoms with Crippen LogP contribution in [0.1, 0.15) is 18.4 Å². The van der Waals surface area contributed by atoms with E-state index < -0.39 is 0 Å². The summed E-state index contributed by atoms with van der Waals surface area (Å²) in [5.74, 6) is 0.851. The molecule has 2 heterocycles. The van der Waals surface area contributed by atoms with Crippen LogP contribution in [0.25, 0.3) is 10.9 Å². The van der Waals surface area contributed by atoms with Crippen molar-refractivity contribution in [3.8, 4) is 6.07 Å². The standard InChI is InChI=1S/C14H13N3/c15-10-12-9-11-5-1-2-6-13(11)16-14(12)17-7-3-4-8-17/h1-2,5-6,9H,3-4,7-8H2. The second-order valence-electron chi connectivity index (χ2n) is 4.36. The van der Waals surface area contributed by atoms with Crippen molar-refractivity contribution >= 4 is 16.7 Å². The molecule has 1 aromatic carbocycles. The first-order chi connectivity index (χ1) is 8.38. The van der Waals surface area contributed by atoms with E-state index >= 15 is 0 Å². The Labute approximate surface area is 100 Å². The SMILES string of the molecule is N#Cc1cc2ccccc2nc1N1CCCC1. The number of pyridine rings is 1. The lowest BCUT2D eigenvalue weighted by atomic mass is 10.1. The highest BCUT2D eigenvalue weighted by Gasteiger charge is 2.17. The monoisotopic (exact) mass is 223 g/mol. The molecular formula is C14H13N3. The first-order valence-corrected chi connectivity index (χ1v) is 5.93. The van der Waals surface area contributed by atoms with Crippen LogP contribution in [0.5, 0.6) is 0 Å². The highest BCUT2D eigenvalue weighted by atomic mass is 15.2. The van der Waals surface area contributed by atoms with Crippen LogP contribution in [-0.4, -0.2) is 18.1 Å². The van der Waals surface area contributed by atoms with Gasteiger partial charge in [-0.05, 0) is 25.0 Å². The zero-order valence-electron chi connectivity index (χ0n) is 9.56. The van der Waals surface area contributed by atoms with Crippen LogP contribution in [0, 0.1) is 11.3 Å². The molecule has 0 atom stereocenters. The highest BCUT2D eigenvalue weighted by molar-refractivity contribution is 5.83. The van der Waals surface area contributed by atoms with Gasteiger partial charge in [-0.2, -0.15) is 5.26 Å². The van der Waals surface area contributed by atoms with Crippen LogP contribution in [0.15, 0.2) is 30.3 Å². The molecule has 0 spiro atoms. The quantitative estimate of drug-likeness (QED) is 0.746. The Kier molecular flexibility index (Phi) is 2.41. The molecule has 17 heavy (non-hydrogen) atoms. The summed E-state index contributed by atoms with van der Waals surface area (Å²) in [7, 11) is 0. The molecule has 2 aromatic rings. The normalized spacial score (nSPS) is 15.1. The lowest BCUT2D eigenvalue weighted by molar-refractivity contribution is 0.940. The lowest BCUT2D eigenvalue weighted by Gasteiger charge is -2.18. The molecule has 3 rings (SSSR count). The van der Waals surface area contributed by atoms with Gasteiger partial charge in [-0.3, -0.25) is 0 Å². The Morgan fingerprint density at radius 2 is 1.94 bits per heavy atom. The summed E-state index contributed by atoms with van der Waals surface area (Å²) in [5, 5.41) is 10.3. The van der Waals surface area contributed by atoms with Gasteiger partial charge in [0.05, 0.1) is 11.1 Å². The van der Waals surface area contributed by atoms with E-state index in [1.165, 1.54) is 12.8 Å². The number of anilines is 1. The molecule has 1 aliphatic heterocycles. The number of fused-ring (bicyclic) bond motifs is 1. The summed E-state index contributed by atoms with van der Waals surface area (Å²) in [6, 6.07) is 12.1. The molecule has 84 valence electrons. The first-order valence-electron chi connectivity index (χ1n) is 5.93. The van der Waals surface area contributed by atoms with E-state index in [4.69, 9.17) is 0 Å². The van der Waals surface area contributed by atoms with Gasteiger partial charge in [0.2, 0.25) is 0 Å². The average Bonchev–Trinajstić information content (AvgIpc) is 2.91. The Morgan fingerprint density at radius 1 is 1.18 bits per heavy atom. The van der Waals surface area contributed by atoms with E-state index in [-0.39, 0.29) is 0 Å². The highest BCUT2D eigenvalue weighted by Crippen LogP contribution is 2.25. The number of nitriles is 1. The fourth-order valence-electron chi connectivity index (χ4n) is 2.36. The van der Waals surface area contributed by atoms with Gasteiger partial charge in [0, 0.05) is 18.5 Å². The third kappa shape index (κ3) is 1.72. The number of para-hydroxylation sites is 1. The van der Waals surface area contributed by atoms with Gasteiger partial charge in [-0.25, -0.2) is 4.98 Å². The van der Waals surface area contributed by atoms with Crippen molar-refractivity contribution in [1.29, 1.82) is 5.26 Å². The van der Waals surface area contributed by atoms with Crippen molar-refractivity contribution in [3.05, 3.63) is 35.9 Å². The maximum atomic E-state index is 9.22. The number of hydrogen-bond acceptors (Lipinski definition) is 3. The van der Waals surface area contributed by atoms with Gasteiger partial charge in [0.15, 0.2) is 0 Å². The van der Waals surface area contributed by atoms with Gasteiger partial charge in [-0.15, -0.1) is 0 Å². The maximum Gasteiger partial charge on any atom is 0.147 e. The van der Waals surface area contributed by atoms with E-state index in [0.29, 0.717) is 5.56 Å². The van der Waals surface area contributed by atoms with Gasteiger partial charge in [0.25, 0.3) is 0 Å². The van der Waals surface area contributed by atoms with Crippen molar-refractivity contribution in [2.45, 2.75) is 12.8 Å². The molecule has 0 aliphatic carbocycles. The predicted molar refractivity (Wildman–Crippen MR) is 67.9 cm³/mol. The number of benzene rings is 1. The smallest absolute Gasteiger partial charge is 0.147 e. The van der Waals surface area contributed by atoms with Crippen LogP contribution in [-0.2, 0) is 0 Å². The van der Waals surface area contributed by atoms with E-state index in [9.17, 15) is 5.26 Å². The fraction of sp³-hybridized carbons (Fsp3) is 0.286.